The van der Waals surface area contributed by atoms with Gasteiger partial charge < -0.3 is 11.5 Å². The van der Waals surface area contributed by atoms with Crippen molar-refractivity contribution in [3.8, 4) is 0 Å². The van der Waals surface area contributed by atoms with E-state index >= 15 is 0 Å². The molecule has 0 heterocycles. The van der Waals surface area contributed by atoms with E-state index in [1.54, 1.807) is 0 Å². The van der Waals surface area contributed by atoms with E-state index in [2.05, 4.69) is 12.3 Å². The van der Waals surface area contributed by atoms with Crippen LogP contribution in [0.15, 0.2) is 24.9 Å². The van der Waals surface area contributed by atoms with Gasteiger partial charge in [-0.2, -0.15) is 8.42 Å². The van der Waals surface area contributed by atoms with Crippen molar-refractivity contribution in [3.05, 3.63) is 24.9 Å². The Morgan fingerprint density at radius 2 is 1.92 bits per heavy atom. The minimum atomic E-state index is -3.85. The maximum absolute atomic E-state index is 9.84. The van der Waals surface area contributed by atoms with Crippen LogP contribution in [-0.4, -0.2) is 24.6 Å². The SMILES string of the molecule is C=CC(N)=O.NC=CCS(=O)(=O)O. The van der Waals surface area contributed by atoms with Crippen molar-refractivity contribution in [1.82, 2.24) is 0 Å². The molecule has 0 fully saturated rings. The van der Waals surface area contributed by atoms with Gasteiger partial charge in [-0.3, -0.25) is 9.35 Å². The zero-order chi connectivity index (χ0) is 10.9. The smallest absolute Gasteiger partial charge is 0.268 e. The Bertz CT molecular complexity index is 281. The molecule has 0 unspecified atom stereocenters. The van der Waals surface area contributed by atoms with Crippen LogP contribution in [0, 0.1) is 0 Å². The van der Waals surface area contributed by atoms with Crippen molar-refractivity contribution in [1.29, 1.82) is 0 Å². The lowest BCUT2D eigenvalue weighted by Crippen LogP contribution is -2.04. The molecule has 6 nitrogen and oxygen atoms in total. The number of nitrogens with two attached hydrogens (primary N) is 2. The summed E-state index contributed by atoms with van der Waals surface area (Å²) in [6.45, 7) is 3.09. The first kappa shape index (κ1) is 14.2. The van der Waals surface area contributed by atoms with Crippen molar-refractivity contribution >= 4 is 16.0 Å². The van der Waals surface area contributed by atoms with Gasteiger partial charge >= 0.3 is 0 Å². The van der Waals surface area contributed by atoms with Gasteiger partial charge in [-0.15, -0.1) is 0 Å². The Kier molecular flexibility index (Phi) is 7.99. The summed E-state index contributed by atoms with van der Waals surface area (Å²) in [7, 11) is -3.85. The molecule has 0 aliphatic rings. The summed E-state index contributed by atoms with van der Waals surface area (Å²) in [5.74, 6) is -0.895. The lowest BCUT2D eigenvalue weighted by atomic mass is 10.6. The fourth-order valence-corrected chi connectivity index (χ4v) is 0.531. The second kappa shape index (κ2) is 7.32. The molecule has 0 bridgehead atoms. The molecule has 0 aliphatic heterocycles. The molecule has 0 aromatic carbocycles. The number of hydrogen-bond donors (Lipinski definition) is 3. The Labute approximate surface area is 76.7 Å². The zero-order valence-electron chi connectivity index (χ0n) is 6.88. The summed E-state index contributed by atoms with van der Waals surface area (Å²) in [6.07, 6.45) is 3.27. The number of amides is 1. The zero-order valence-corrected chi connectivity index (χ0v) is 7.70. The second-order valence-electron chi connectivity index (χ2n) is 1.78. The standard InChI is InChI=1S/C3H7NO3S.C3H5NO/c4-2-1-3-8(5,6)7;1-2-3(4)5/h1-2H,3-4H2,(H,5,6,7);2H,1H2,(H2,4,5). The average molecular weight is 208 g/mol. The molecule has 0 radical (unpaired) electrons. The normalized spacial score (nSPS) is 10.2. The van der Waals surface area contributed by atoms with Gasteiger partial charge in [0.25, 0.3) is 10.1 Å². The van der Waals surface area contributed by atoms with Crippen LogP contribution < -0.4 is 11.5 Å². The van der Waals surface area contributed by atoms with E-state index in [0.717, 1.165) is 18.4 Å². The van der Waals surface area contributed by atoms with Crippen LogP contribution in [0.5, 0.6) is 0 Å². The summed E-state index contributed by atoms with van der Waals surface area (Å²) in [5, 5.41) is 0. The number of rotatable bonds is 3. The van der Waals surface area contributed by atoms with Crippen molar-refractivity contribution in [2.75, 3.05) is 5.75 Å². The monoisotopic (exact) mass is 208 g/mol. The minimum Gasteiger partial charge on any atom is -0.405 e. The molecule has 76 valence electrons. The molecule has 0 aromatic heterocycles. The molecule has 0 saturated carbocycles. The van der Waals surface area contributed by atoms with Crippen LogP contribution in [0.2, 0.25) is 0 Å². The average Bonchev–Trinajstić information content (AvgIpc) is 2.00. The summed E-state index contributed by atoms with van der Waals surface area (Å²) in [4.78, 5) is 9.47. The minimum absolute atomic E-state index is 0.413. The molecule has 5 N–H and O–H groups in total. The lowest BCUT2D eigenvalue weighted by Gasteiger charge is -1.83. The fraction of sp³-hybridized carbons (Fsp3) is 0.167. The molecule has 0 aromatic rings. The number of carbonyl (C=O) groups excluding carboxylic acids is 1. The van der Waals surface area contributed by atoms with Gasteiger partial charge in [0.15, 0.2) is 0 Å². The highest BCUT2D eigenvalue weighted by Crippen LogP contribution is 1.79. The van der Waals surface area contributed by atoms with E-state index in [0.29, 0.717) is 0 Å². The van der Waals surface area contributed by atoms with Crippen molar-refractivity contribution in [2.24, 2.45) is 11.5 Å². The van der Waals surface area contributed by atoms with E-state index in [4.69, 9.17) is 10.3 Å². The largest absolute Gasteiger partial charge is 0.405 e. The molecular weight excluding hydrogens is 196 g/mol. The van der Waals surface area contributed by atoms with Crippen LogP contribution >= 0.6 is 0 Å². The first-order valence-corrected chi connectivity index (χ1v) is 4.68. The predicted octanol–water partition coefficient (Wildman–Crippen LogP) is -0.996. The van der Waals surface area contributed by atoms with E-state index in [1.165, 1.54) is 0 Å². The van der Waals surface area contributed by atoms with Crippen LogP contribution in [-0.2, 0) is 14.9 Å². The highest BCUT2D eigenvalue weighted by Gasteiger charge is 1.96. The summed E-state index contributed by atoms with van der Waals surface area (Å²) < 4.78 is 27.7. The van der Waals surface area contributed by atoms with E-state index in [9.17, 15) is 13.2 Å². The molecule has 0 atom stereocenters. The van der Waals surface area contributed by atoms with Crippen LogP contribution in [0.25, 0.3) is 0 Å². The number of primary amides is 1. The summed E-state index contributed by atoms with van der Waals surface area (Å²) in [6, 6.07) is 0. The van der Waals surface area contributed by atoms with Crippen molar-refractivity contribution < 1.29 is 17.8 Å². The van der Waals surface area contributed by atoms with Gasteiger partial charge in [-0.1, -0.05) is 12.7 Å². The molecule has 13 heavy (non-hydrogen) atoms. The third kappa shape index (κ3) is 25.0. The van der Waals surface area contributed by atoms with Crippen LogP contribution in [0.1, 0.15) is 0 Å². The maximum Gasteiger partial charge on any atom is 0.268 e. The van der Waals surface area contributed by atoms with Gasteiger partial charge in [0.05, 0.1) is 5.75 Å². The summed E-state index contributed by atoms with van der Waals surface area (Å²) >= 11 is 0. The third-order valence-electron chi connectivity index (χ3n) is 0.644. The molecule has 0 rings (SSSR count). The quantitative estimate of drug-likeness (QED) is 0.405. The number of hydrogen-bond acceptors (Lipinski definition) is 4. The van der Waals surface area contributed by atoms with Crippen LogP contribution in [0.4, 0.5) is 0 Å². The summed E-state index contributed by atoms with van der Waals surface area (Å²) in [5.41, 5.74) is 9.31. The van der Waals surface area contributed by atoms with E-state index < -0.39 is 21.8 Å². The molecule has 7 heteroatoms. The predicted molar refractivity (Wildman–Crippen MR) is 49.1 cm³/mol. The fourth-order valence-electron chi connectivity index (χ4n) is 0.177. The first-order chi connectivity index (χ1) is 5.83. The van der Waals surface area contributed by atoms with Crippen molar-refractivity contribution in [2.45, 2.75) is 0 Å². The van der Waals surface area contributed by atoms with Crippen molar-refractivity contribution in [3.63, 3.8) is 0 Å². The molecule has 1 amide bonds. The maximum atomic E-state index is 9.84. The van der Waals surface area contributed by atoms with Gasteiger partial charge in [-0.25, -0.2) is 0 Å². The first-order valence-electron chi connectivity index (χ1n) is 3.07. The van der Waals surface area contributed by atoms with Gasteiger partial charge in [0.2, 0.25) is 5.91 Å². The molecular formula is C6H12N2O4S. The number of carbonyl (C=O) groups is 1. The third-order valence-corrected chi connectivity index (χ3v) is 1.26. The molecule has 0 aliphatic carbocycles. The highest BCUT2D eigenvalue weighted by atomic mass is 32.2. The van der Waals surface area contributed by atoms with Gasteiger partial charge in [-0.05, 0) is 12.3 Å². The lowest BCUT2D eigenvalue weighted by molar-refractivity contribution is -0.113. The van der Waals surface area contributed by atoms with Gasteiger partial charge in [0, 0.05) is 0 Å². The van der Waals surface area contributed by atoms with E-state index in [-0.39, 0.29) is 0 Å². The van der Waals surface area contributed by atoms with E-state index in [1.807, 2.05) is 0 Å². The Morgan fingerprint density at radius 1 is 1.54 bits per heavy atom. The molecule has 0 spiro atoms. The Hall–Kier alpha value is -1.34. The Balaban J connectivity index is 0. The highest BCUT2D eigenvalue weighted by molar-refractivity contribution is 7.85. The van der Waals surface area contributed by atoms with Gasteiger partial charge in [0.1, 0.15) is 0 Å². The topological polar surface area (TPSA) is 123 Å². The molecule has 0 saturated heterocycles. The second-order valence-corrected chi connectivity index (χ2v) is 3.28. The Morgan fingerprint density at radius 3 is 2.00 bits per heavy atom. The van der Waals surface area contributed by atoms with Crippen LogP contribution in [0.3, 0.4) is 0 Å².